The van der Waals surface area contributed by atoms with E-state index in [1.165, 1.54) is 10.4 Å². The predicted molar refractivity (Wildman–Crippen MR) is 89.4 cm³/mol. The van der Waals surface area contributed by atoms with Gasteiger partial charge in [-0.25, -0.2) is 0 Å². The molecule has 3 heteroatoms. The van der Waals surface area contributed by atoms with Crippen LogP contribution in [-0.4, -0.2) is 30.2 Å². The van der Waals surface area contributed by atoms with E-state index in [2.05, 4.69) is 53.4 Å². The second-order valence-electron chi connectivity index (χ2n) is 5.04. The van der Waals surface area contributed by atoms with Crippen LogP contribution in [0.25, 0.3) is 0 Å². The Morgan fingerprint density at radius 3 is 2.90 bits per heavy atom. The molecule has 0 unspecified atom stereocenters. The molecule has 0 amide bonds. The normalized spacial score (nSPS) is 10.4. The highest BCUT2D eigenvalue weighted by atomic mass is 32.1. The predicted octanol–water partition coefficient (Wildman–Crippen LogP) is 3.16. The Kier molecular flexibility index (Phi) is 6.49. The molecule has 0 saturated heterocycles. The summed E-state index contributed by atoms with van der Waals surface area (Å²) >= 11 is 1.82. The maximum Gasteiger partial charge on any atom is 0.0540 e. The first-order valence-corrected chi connectivity index (χ1v) is 8.05. The molecular formula is C18H21NOS. The highest BCUT2D eigenvalue weighted by molar-refractivity contribution is 7.09. The van der Waals surface area contributed by atoms with Crippen molar-refractivity contribution in [3.63, 3.8) is 0 Å². The summed E-state index contributed by atoms with van der Waals surface area (Å²) in [5, 5.41) is 10.9. The molecule has 1 aromatic carbocycles. The number of nitrogens with zero attached hydrogens (tertiary/aromatic N) is 1. The van der Waals surface area contributed by atoms with Crippen LogP contribution in [0.3, 0.4) is 0 Å². The molecule has 2 aromatic rings. The first-order valence-electron chi connectivity index (χ1n) is 7.17. The summed E-state index contributed by atoms with van der Waals surface area (Å²) in [4.78, 5) is 3.77. The Labute approximate surface area is 131 Å². The Bertz CT molecular complexity index is 595. The van der Waals surface area contributed by atoms with Crippen molar-refractivity contribution in [2.75, 3.05) is 20.2 Å². The van der Waals surface area contributed by atoms with Crippen molar-refractivity contribution >= 4 is 11.3 Å². The van der Waals surface area contributed by atoms with Crippen molar-refractivity contribution in [1.82, 2.24) is 4.90 Å². The van der Waals surface area contributed by atoms with Crippen molar-refractivity contribution in [2.45, 2.75) is 19.4 Å². The quantitative estimate of drug-likeness (QED) is 0.828. The molecule has 21 heavy (non-hydrogen) atoms. The van der Waals surface area contributed by atoms with E-state index in [1.807, 2.05) is 23.5 Å². The Morgan fingerprint density at radius 1 is 1.24 bits per heavy atom. The van der Waals surface area contributed by atoms with E-state index in [1.54, 1.807) is 0 Å². The molecule has 0 aliphatic rings. The topological polar surface area (TPSA) is 23.5 Å². The molecule has 0 spiro atoms. The van der Waals surface area contributed by atoms with E-state index in [9.17, 15) is 0 Å². The van der Waals surface area contributed by atoms with Crippen LogP contribution in [0.5, 0.6) is 0 Å². The molecule has 1 N–H and O–H groups in total. The van der Waals surface area contributed by atoms with Crippen LogP contribution in [0.2, 0.25) is 0 Å². The first kappa shape index (κ1) is 15.8. The van der Waals surface area contributed by atoms with E-state index < -0.39 is 0 Å². The SMILES string of the molecule is CN(CCc1cccs1)Cc1cccc(C#CCCO)c1. The Morgan fingerprint density at radius 2 is 2.14 bits per heavy atom. The summed E-state index contributed by atoms with van der Waals surface area (Å²) in [5.41, 5.74) is 2.30. The number of likely N-dealkylation sites (N-methyl/N-ethyl adjacent to an activating group) is 1. The van der Waals surface area contributed by atoms with E-state index in [4.69, 9.17) is 5.11 Å². The maximum atomic E-state index is 8.75. The number of aliphatic hydroxyl groups excluding tert-OH is 1. The van der Waals surface area contributed by atoms with Crippen molar-refractivity contribution in [1.29, 1.82) is 0 Å². The molecule has 0 saturated carbocycles. The molecule has 1 heterocycles. The number of hydrogen-bond acceptors (Lipinski definition) is 3. The van der Waals surface area contributed by atoms with E-state index >= 15 is 0 Å². The second kappa shape index (κ2) is 8.63. The third kappa shape index (κ3) is 5.73. The highest BCUT2D eigenvalue weighted by Crippen LogP contribution is 2.11. The third-order valence-corrected chi connectivity index (χ3v) is 4.11. The third-order valence-electron chi connectivity index (χ3n) is 3.17. The first-order chi connectivity index (χ1) is 10.3. The average molecular weight is 299 g/mol. The van der Waals surface area contributed by atoms with Gasteiger partial charge in [-0.1, -0.05) is 30.0 Å². The maximum absolute atomic E-state index is 8.75. The lowest BCUT2D eigenvalue weighted by molar-refractivity contribution is 0.305. The van der Waals surface area contributed by atoms with Crippen LogP contribution < -0.4 is 0 Å². The summed E-state index contributed by atoms with van der Waals surface area (Å²) in [6, 6.07) is 12.6. The van der Waals surface area contributed by atoms with Gasteiger partial charge in [-0.05, 0) is 42.6 Å². The summed E-state index contributed by atoms with van der Waals surface area (Å²) in [7, 11) is 2.15. The number of thiophene rings is 1. The zero-order valence-corrected chi connectivity index (χ0v) is 13.2. The van der Waals surface area contributed by atoms with Gasteiger partial charge in [0.15, 0.2) is 0 Å². The highest BCUT2D eigenvalue weighted by Gasteiger charge is 2.02. The number of benzene rings is 1. The lowest BCUT2D eigenvalue weighted by atomic mass is 10.1. The minimum atomic E-state index is 0.123. The molecule has 0 aliphatic carbocycles. The van der Waals surface area contributed by atoms with Gasteiger partial charge >= 0.3 is 0 Å². The fourth-order valence-electron chi connectivity index (χ4n) is 2.11. The fraction of sp³-hybridized carbons (Fsp3) is 0.333. The van der Waals surface area contributed by atoms with Gasteiger partial charge in [0, 0.05) is 30.0 Å². The van der Waals surface area contributed by atoms with Crippen LogP contribution >= 0.6 is 11.3 Å². The van der Waals surface area contributed by atoms with Crippen LogP contribution in [0.15, 0.2) is 41.8 Å². The molecule has 0 bridgehead atoms. The number of hydrogen-bond donors (Lipinski definition) is 1. The van der Waals surface area contributed by atoms with E-state index in [0.29, 0.717) is 6.42 Å². The van der Waals surface area contributed by atoms with Gasteiger partial charge in [0.25, 0.3) is 0 Å². The van der Waals surface area contributed by atoms with Gasteiger partial charge in [-0.15, -0.1) is 11.3 Å². The summed E-state index contributed by atoms with van der Waals surface area (Å²) in [6.07, 6.45) is 1.63. The minimum absolute atomic E-state index is 0.123. The number of rotatable bonds is 6. The van der Waals surface area contributed by atoms with Crippen molar-refractivity contribution in [2.24, 2.45) is 0 Å². The zero-order chi connectivity index (χ0) is 14.9. The Hall–Kier alpha value is -1.60. The average Bonchev–Trinajstić information content (AvgIpc) is 2.99. The van der Waals surface area contributed by atoms with Crippen molar-refractivity contribution in [3.8, 4) is 11.8 Å². The van der Waals surface area contributed by atoms with Gasteiger partial charge in [0.1, 0.15) is 0 Å². The summed E-state index contributed by atoms with van der Waals surface area (Å²) in [5.74, 6) is 6.05. The number of aliphatic hydroxyl groups is 1. The molecule has 2 rings (SSSR count). The lowest BCUT2D eigenvalue weighted by Crippen LogP contribution is -2.20. The van der Waals surface area contributed by atoms with E-state index in [-0.39, 0.29) is 6.61 Å². The molecule has 2 nitrogen and oxygen atoms in total. The van der Waals surface area contributed by atoms with Gasteiger partial charge in [-0.2, -0.15) is 0 Å². The van der Waals surface area contributed by atoms with Crippen molar-refractivity contribution < 1.29 is 5.11 Å². The molecule has 110 valence electrons. The smallest absolute Gasteiger partial charge is 0.0540 e. The largest absolute Gasteiger partial charge is 0.395 e. The van der Waals surface area contributed by atoms with Crippen LogP contribution in [0, 0.1) is 11.8 Å². The van der Waals surface area contributed by atoms with Crippen LogP contribution in [0.4, 0.5) is 0 Å². The summed E-state index contributed by atoms with van der Waals surface area (Å²) in [6.45, 7) is 2.11. The van der Waals surface area contributed by atoms with Gasteiger partial charge < -0.3 is 10.0 Å². The fourth-order valence-corrected chi connectivity index (χ4v) is 2.81. The zero-order valence-electron chi connectivity index (χ0n) is 12.4. The molecule has 1 aromatic heterocycles. The molecule has 0 aliphatic heterocycles. The molecule has 0 radical (unpaired) electrons. The van der Waals surface area contributed by atoms with Crippen molar-refractivity contribution in [3.05, 3.63) is 57.8 Å². The van der Waals surface area contributed by atoms with Gasteiger partial charge in [-0.3, -0.25) is 0 Å². The monoisotopic (exact) mass is 299 g/mol. The molecule has 0 atom stereocenters. The van der Waals surface area contributed by atoms with Gasteiger partial charge in [0.05, 0.1) is 6.61 Å². The summed E-state index contributed by atoms with van der Waals surface area (Å²) < 4.78 is 0. The van der Waals surface area contributed by atoms with Gasteiger partial charge in [0.2, 0.25) is 0 Å². The molecular weight excluding hydrogens is 278 g/mol. The minimum Gasteiger partial charge on any atom is -0.395 e. The second-order valence-corrected chi connectivity index (χ2v) is 6.08. The Balaban J connectivity index is 1.87. The molecule has 0 fully saturated rings. The standard InChI is InChI=1S/C18H21NOS/c1-19(11-10-18-9-5-13-21-18)15-17-8-4-7-16(14-17)6-2-3-12-20/h4-5,7-9,13-14,20H,3,10-12,15H2,1H3. The lowest BCUT2D eigenvalue weighted by Gasteiger charge is -2.16. The van der Waals surface area contributed by atoms with E-state index in [0.717, 1.165) is 25.1 Å². The van der Waals surface area contributed by atoms with Crippen LogP contribution in [0.1, 0.15) is 22.4 Å². The van der Waals surface area contributed by atoms with Crippen LogP contribution in [-0.2, 0) is 13.0 Å².